The third kappa shape index (κ3) is 1.95. The number of aromatic nitrogens is 1. The summed E-state index contributed by atoms with van der Waals surface area (Å²) in [5, 5.41) is 1.93. The minimum atomic E-state index is 0.0160. The molecule has 18 heavy (non-hydrogen) atoms. The van der Waals surface area contributed by atoms with Gasteiger partial charge in [-0.1, -0.05) is 18.2 Å². The molecule has 3 rings (SSSR count). The lowest BCUT2D eigenvalue weighted by atomic mass is 9.88. The summed E-state index contributed by atoms with van der Waals surface area (Å²) >= 11 is 0. The molecule has 0 bridgehead atoms. The van der Waals surface area contributed by atoms with E-state index in [0.717, 1.165) is 23.9 Å². The van der Waals surface area contributed by atoms with Gasteiger partial charge in [0, 0.05) is 11.6 Å². The molecule has 1 aromatic heterocycles. The number of piperidine rings is 1. The fourth-order valence-corrected chi connectivity index (χ4v) is 2.89. The second kappa shape index (κ2) is 4.58. The molecule has 1 fully saturated rings. The summed E-state index contributed by atoms with van der Waals surface area (Å²) in [5.74, 6) is 0.572. The second-order valence-electron chi connectivity index (χ2n) is 5.20. The third-order valence-electron chi connectivity index (χ3n) is 4.00. The number of rotatable bonds is 1. The van der Waals surface area contributed by atoms with Gasteiger partial charge in [-0.15, -0.1) is 0 Å². The first-order chi connectivity index (χ1) is 8.75. The van der Waals surface area contributed by atoms with Gasteiger partial charge in [0.2, 0.25) is 0 Å². The van der Waals surface area contributed by atoms with E-state index in [4.69, 9.17) is 0 Å². The van der Waals surface area contributed by atoms with Crippen LogP contribution in [0.5, 0.6) is 0 Å². The highest BCUT2D eigenvalue weighted by molar-refractivity contribution is 5.85. The van der Waals surface area contributed by atoms with Gasteiger partial charge < -0.3 is 9.88 Å². The minimum absolute atomic E-state index is 0.0160. The molecule has 0 atom stereocenters. The lowest BCUT2D eigenvalue weighted by Gasteiger charge is -2.29. The van der Waals surface area contributed by atoms with Crippen LogP contribution in [0.4, 0.5) is 0 Å². The lowest BCUT2D eigenvalue weighted by Crippen LogP contribution is -2.29. The van der Waals surface area contributed by atoms with E-state index in [9.17, 15) is 4.79 Å². The molecule has 1 aromatic carbocycles. The Labute approximate surface area is 106 Å². The van der Waals surface area contributed by atoms with E-state index < -0.39 is 0 Å². The summed E-state index contributed by atoms with van der Waals surface area (Å²) in [6, 6.07) is 7.92. The van der Waals surface area contributed by atoms with Crippen LogP contribution in [0.3, 0.4) is 0 Å². The zero-order valence-electron chi connectivity index (χ0n) is 10.6. The Hall–Kier alpha value is -1.61. The predicted molar refractivity (Wildman–Crippen MR) is 74.0 cm³/mol. The fourth-order valence-electron chi connectivity index (χ4n) is 2.89. The SMILES string of the molecule is CN1CCC(c2c[nH]c(=O)c3ccccc23)CC1. The zero-order chi connectivity index (χ0) is 12.5. The first-order valence-corrected chi connectivity index (χ1v) is 6.54. The van der Waals surface area contributed by atoms with Gasteiger partial charge in [-0.25, -0.2) is 0 Å². The maximum Gasteiger partial charge on any atom is 0.255 e. The van der Waals surface area contributed by atoms with Crippen LogP contribution >= 0.6 is 0 Å². The Morgan fingerprint density at radius 1 is 1.17 bits per heavy atom. The summed E-state index contributed by atoms with van der Waals surface area (Å²) in [7, 11) is 2.17. The molecule has 0 spiro atoms. The largest absolute Gasteiger partial charge is 0.328 e. The molecule has 0 aliphatic carbocycles. The van der Waals surface area contributed by atoms with Crippen molar-refractivity contribution in [2.45, 2.75) is 18.8 Å². The number of hydrogen-bond acceptors (Lipinski definition) is 2. The van der Waals surface area contributed by atoms with E-state index in [1.807, 2.05) is 24.4 Å². The number of nitrogens with zero attached hydrogens (tertiary/aromatic N) is 1. The molecule has 94 valence electrons. The van der Waals surface area contributed by atoms with Gasteiger partial charge in [-0.2, -0.15) is 0 Å². The normalized spacial score (nSPS) is 18.3. The van der Waals surface area contributed by atoms with E-state index in [2.05, 4.69) is 23.0 Å². The van der Waals surface area contributed by atoms with E-state index in [1.165, 1.54) is 18.4 Å². The average molecular weight is 242 g/mol. The molecule has 1 aliphatic rings. The second-order valence-corrected chi connectivity index (χ2v) is 5.20. The molecule has 1 saturated heterocycles. The molecular weight excluding hydrogens is 224 g/mol. The van der Waals surface area contributed by atoms with E-state index >= 15 is 0 Å². The van der Waals surface area contributed by atoms with Crippen molar-refractivity contribution in [2.75, 3.05) is 20.1 Å². The van der Waals surface area contributed by atoms with Crippen molar-refractivity contribution in [3.05, 3.63) is 46.4 Å². The van der Waals surface area contributed by atoms with Crippen LogP contribution in [0.15, 0.2) is 35.3 Å². The molecule has 2 heterocycles. The maximum atomic E-state index is 11.8. The van der Waals surface area contributed by atoms with Crippen LogP contribution in [-0.4, -0.2) is 30.0 Å². The number of pyridine rings is 1. The van der Waals surface area contributed by atoms with Crippen LogP contribution in [0, 0.1) is 0 Å². The van der Waals surface area contributed by atoms with Gasteiger partial charge in [0.25, 0.3) is 5.56 Å². The molecule has 3 nitrogen and oxygen atoms in total. The predicted octanol–water partition coefficient (Wildman–Crippen LogP) is 2.34. The van der Waals surface area contributed by atoms with Crippen molar-refractivity contribution >= 4 is 10.8 Å². The Morgan fingerprint density at radius 2 is 1.83 bits per heavy atom. The summed E-state index contributed by atoms with van der Waals surface area (Å²) in [5.41, 5.74) is 1.32. The topological polar surface area (TPSA) is 36.1 Å². The molecule has 2 aromatic rings. The smallest absolute Gasteiger partial charge is 0.255 e. The molecule has 3 heteroatoms. The number of nitrogens with one attached hydrogen (secondary N) is 1. The highest BCUT2D eigenvalue weighted by Crippen LogP contribution is 2.30. The minimum Gasteiger partial charge on any atom is -0.328 e. The van der Waals surface area contributed by atoms with Crippen molar-refractivity contribution in [2.24, 2.45) is 0 Å². The van der Waals surface area contributed by atoms with Crippen molar-refractivity contribution in [3.63, 3.8) is 0 Å². The summed E-state index contributed by atoms with van der Waals surface area (Å²) in [6.07, 6.45) is 4.26. The number of likely N-dealkylation sites (tertiary alicyclic amines) is 1. The van der Waals surface area contributed by atoms with Gasteiger partial charge in [0.05, 0.1) is 0 Å². The van der Waals surface area contributed by atoms with Crippen molar-refractivity contribution < 1.29 is 0 Å². The number of benzene rings is 1. The Balaban J connectivity index is 2.07. The summed E-state index contributed by atoms with van der Waals surface area (Å²) in [4.78, 5) is 17.0. The highest BCUT2D eigenvalue weighted by atomic mass is 16.1. The maximum absolute atomic E-state index is 11.8. The monoisotopic (exact) mass is 242 g/mol. The third-order valence-corrected chi connectivity index (χ3v) is 4.00. The molecule has 1 N–H and O–H groups in total. The van der Waals surface area contributed by atoms with Crippen molar-refractivity contribution in [1.82, 2.24) is 9.88 Å². The standard InChI is InChI=1S/C15H18N2O/c1-17-8-6-11(7-9-17)14-10-16-15(18)13-5-3-2-4-12(13)14/h2-5,10-11H,6-9H2,1H3,(H,16,18). The molecule has 0 radical (unpaired) electrons. The number of H-pyrrole nitrogens is 1. The van der Waals surface area contributed by atoms with Crippen molar-refractivity contribution in [1.29, 1.82) is 0 Å². The number of fused-ring (bicyclic) bond motifs is 1. The molecular formula is C15H18N2O. The van der Waals surface area contributed by atoms with Gasteiger partial charge in [0.1, 0.15) is 0 Å². The number of hydrogen-bond donors (Lipinski definition) is 1. The molecule has 0 amide bonds. The first-order valence-electron chi connectivity index (χ1n) is 6.54. The van der Waals surface area contributed by atoms with E-state index in [1.54, 1.807) is 0 Å². The Kier molecular flexibility index (Phi) is 2.92. The highest BCUT2D eigenvalue weighted by Gasteiger charge is 2.20. The van der Waals surface area contributed by atoms with Gasteiger partial charge >= 0.3 is 0 Å². The molecule has 0 saturated carbocycles. The van der Waals surface area contributed by atoms with Crippen LogP contribution in [-0.2, 0) is 0 Å². The fraction of sp³-hybridized carbons (Fsp3) is 0.400. The first kappa shape index (κ1) is 11.5. The van der Waals surface area contributed by atoms with Gasteiger partial charge in [-0.05, 0) is 55.9 Å². The quantitative estimate of drug-likeness (QED) is 0.833. The lowest BCUT2D eigenvalue weighted by molar-refractivity contribution is 0.256. The van der Waals surface area contributed by atoms with Crippen LogP contribution < -0.4 is 5.56 Å². The van der Waals surface area contributed by atoms with Crippen LogP contribution in [0.25, 0.3) is 10.8 Å². The summed E-state index contributed by atoms with van der Waals surface area (Å²) < 4.78 is 0. The zero-order valence-corrected chi connectivity index (χ0v) is 10.6. The molecule has 1 aliphatic heterocycles. The van der Waals surface area contributed by atoms with Crippen molar-refractivity contribution in [3.8, 4) is 0 Å². The summed E-state index contributed by atoms with van der Waals surface area (Å²) in [6.45, 7) is 2.27. The van der Waals surface area contributed by atoms with E-state index in [0.29, 0.717) is 5.92 Å². The van der Waals surface area contributed by atoms with Crippen LogP contribution in [0.1, 0.15) is 24.3 Å². The number of aromatic amines is 1. The van der Waals surface area contributed by atoms with Crippen LogP contribution in [0.2, 0.25) is 0 Å². The van der Waals surface area contributed by atoms with Gasteiger partial charge in [-0.3, -0.25) is 4.79 Å². The van der Waals surface area contributed by atoms with Gasteiger partial charge in [0.15, 0.2) is 0 Å². The Morgan fingerprint density at radius 3 is 2.56 bits per heavy atom. The molecule has 0 unspecified atom stereocenters. The Bertz CT molecular complexity index is 609. The van der Waals surface area contributed by atoms with E-state index in [-0.39, 0.29) is 5.56 Å². The average Bonchev–Trinajstić information content (AvgIpc) is 2.41.